The summed E-state index contributed by atoms with van der Waals surface area (Å²) in [6.45, 7) is 3.89. The number of carbonyl (C=O) groups is 1. The van der Waals surface area contributed by atoms with Crippen LogP contribution in [0.3, 0.4) is 0 Å². The van der Waals surface area contributed by atoms with Gasteiger partial charge in [0, 0.05) is 34.6 Å². The molecular formula is C24H23N5OS. The van der Waals surface area contributed by atoms with Gasteiger partial charge in [-0.2, -0.15) is 0 Å². The number of aromatic nitrogens is 2. The maximum Gasteiger partial charge on any atom is 0.255 e. The van der Waals surface area contributed by atoms with Crippen molar-refractivity contribution in [1.29, 1.82) is 0 Å². The number of anilines is 4. The van der Waals surface area contributed by atoms with Gasteiger partial charge >= 0.3 is 0 Å². The van der Waals surface area contributed by atoms with Gasteiger partial charge in [0.2, 0.25) is 5.95 Å². The molecule has 7 heteroatoms. The van der Waals surface area contributed by atoms with Crippen molar-refractivity contribution in [3.8, 4) is 10.4 Å². The van der Waals surface area contributed by atoms with E-state index in [1.807, 2.05) is 79.7 Å². The Balaban J connectivity index is 1.52. The fourth-order valence-electron chi connectivity index (χ4n) is 3.26. The molecular weight excluding hydrogens is 406 g/mol. The van der Waals surface area contributed by atoms with Crippen LogP contribution < -0.4 is 16.0 Å². The van der Waals surface area contributed by atoms with Gasteiger partial charge in [0.25, 0.3) is 5.91 Å². The highest BCUT2D eigenvalue weighted by Gasteiger charge is 2.12. The highest BCUT2D eigenvalue weighted by Crippen LogP contribution is 2.30. The van der Waals surface area contributed by atoms with Crippen LogP contribution in [0.4, 0.5) is 23.0 Å². The van der Waals surface area contributed by atoms with Crippen LogP contribution in [0.1, 0.15) is 21.7 Å². The molecule has 4 rings (SSSR count). The number of hydrogen-bond donors (Lipinski definition) is 2. The van der Waals surface area contributed by atoms with E-state index in [4.69, 9.17) is 5.73 Å². The lowest BCUT2D eigenvalue weighted by Crippen LogP contribution is -2.16. The van der Waals surface area contributed by atoms with E-state index in [1.165, 1.54) is 0 Å². The Hall–Kier alpha value is -3.71. The summed E-state index contributed by atoms with van der Waals surface area (Å²) in [7, 11) is 1.90. The molecule has 0 bridgehead atoms. The van der Waals surface area contributed by atoms with Crippen LogP contribution in [-0.4, -0.2) is 22.9 Å². The molecule has 0 unspecified atom stereocenters. The van der Waals surface area contributed by atoms with Crippen molar-refractivity contribution in [3.05, 3.63) is 83.0 Å². The second-order valence-electron chi connectivity index (χ2n) is 7.29. The van der Waals surface area contributed by atoms with Gasteiger partial charge < -0.3 is 16.0 Å². The number of amides is 1. The third-order valence-corrected chi connectivity index (χ3v) is 5.81. The number of aryl methyl sites for hydroxylation is 2. The summed E-state index contributed by atoms with van der Waals surface area (Å²) < 4.78 is 0. The predicted molar refractivity (Wildman–Crippen MR) is 128 cm³/mol. The standard InChI is InChI=1S/C24H23N5OS/c1-15-13-16(2)27-24(26-15)29(3)19-9-6-17(7-10-19)23(30)28-21-14-18(8-11-20(21)25)22-5-4-12-31-22/h4-14H,25H2,1-3H3,(H,28,30). The van der Waals surface area contributed by atoms with Crippen LogP contribution in [0.15, 0.2) is 66.0 Å². The van der Waals surface area contributed by atoms with Crippen molar-refractivity contribution in [2.24, 2.45) is 0 Å². The largest absolute Gasteiger partial charge is 0.397 e. The maximum absolute atomic E-state index is 12.8. The van der Waals surface area contributed by atoms with Crippen LogP contribution >= 0.6 is 11.3 Å². The summed E-state index contributed by atoms with van der Waals surface area (Å²) in [6, 6.07) is 19.0. The van der Waals surface area contributed by atoms with Crippen molar-refractivity contribution in [2.75, 3.05) is 23.0 Å². The van der Waals surface area contributed by atoms with Gasteiger partial charge in [-0.3, -0.25) is 4.79 Å². The Labute approximate surface area is 185 Å². The topological polar surface area (TPSA) is 84.1 Å². The summed E-state index contributed by atoms with van der Waals surface area (Å²) in [4.78, 5) is 24.8. The molecule has 4 aromatic rings. The number of benzene rings is 2. The van der Waals surface area contributed by atoms with Gasteiger partial charge in [-0.15, -0.1) is 11.3 Å². The van der Waals surface area contributed by atoms with Gasteiger partial charge in [0.15, 0.2) is 0 Å². The summed E-state index contributed by atoms with van der Waals surface area (Å²) >= 11 is 1.64. The smallest absolute Gasteiger partial charge is 0.255 e. The molecule has 2 aromatic heterocycles. The van der Waals surface area contributed by atoms with Crippen molar-refractivity contribution >= 4 is 40.3 Å². The Morgan fingerprint density at radius 2 is 1.71 bits per heavy atom. The first-order valence-corrected chi connectivity index (χ1v) is 10.7. The highest BCUT2D eigenvalue weighted by molar-refractivity contribution is 7.13. The minimum atomic E-state index is -0.216. The van der Waals surface area contributed by atoms with E-state index >= 15 is 0 Å². The average molecular weight is 430 g/mol. The molecule has 0 aliphatic rings. The van der Waals surface area contributed by atoms with E-state index in [-0.39, 0.29) is 5.91 Å². The molecule has 0 saturated carbocycles. The predicted octanol–water partition coefficient (Wildman–Crippen LogP) is 5.42. The molecule has 2 aromatic carbocycles. The first-order chi connectivity index (χ1) is 14.9. The number of nitrogen functional groups attached to an aromatic ring is 1. The van der Waals surface area contributed by atoms with Crippen LogP contribution in [0.5, 0.6) is 0 Å². The van der Waals surface area contributed by atoms with E-state index < -0.39 is 0 Å². The summed E-state index contributed by atoms with van der Waals surface area (Å²) in [5, 5.41) is 4.95. The van der Waals surface area contributed by atoms with E-state index in [0.29, 0.717) is 22.9 Å². The minimum absolute atomic E-state index is 0.216. The zero-order valence-electron chi connectivity index (χ0n) is 17.6. The fourth-order valence-corrected chi connectivity index (χ4v) is 3.99. The molecule has 0 saturated heterocycles. The molecule has 0 radical (unpaired) electrons. The lowest BCUT2D eigenvalue weighted by molar-refractivity contribution is 0.102. The van der Waals surface area contributed by atoms with Crippen LogP contribution in [0.25, 0.3) is 10.4 Å². The van der Waals surface area contributed by atoms with Crippen LogP contribution in [0, 0.1) is 13.8 Å². The van der Waals surface area contributed by atoms with E-state index in [1.54, 1.807) is 23.5 Å². The molecule has 0 aliphatic carbocycles. The second-order valence-corrected chi connectivity index (χ2v) is 8.24. The summed E-state index contributed by atoms with van der Waals surface area (Å²) in [6.07, 6.45) is 0. The van der Waals surface area contributed by atoms with E-state index in [9.17, 15) is 4.79 Å². The van der Waals surface area contributed by atoms with E-state index in [0.717, 1.165) is 27.5 Å². The number of nitrogens with zero attached hydrogens (tertiary/aromatic N) is 3. The fraction of sp³-hybridized carbons (Fsp3) is 0.125. The van der Waals surface area contributed by atoms with Crippen molar-refractivity contribution < 1.29 is 4.79 Å². The number of thiophene rings is 1. The average Bonchev–Trinajstić information content (AvgIpc) is 3.29. The lowest BCUT2D eigenvalue weighted by atomic mass is 10.1. The molecule has 0 aliphatic heterocycles. The Morgan fingerprint density at radius 1 is 1.00 bits per heavy atom. The zero-order valence-corrected chi connectivity index (χ0v) is 18.4. The Morgan fingerprint density at radius 3 is 2.35 bits per heavy atom. The molecule has 3 N–H and O–H groups in total. The Kier molecular flexibility index (Phi) is 5.68. The molecule has 2 heterocycles. The van der Waals surface area contributed by atoms with Crippen molar-refractivity contribution in [2.45, 2.75) is 13.8 Å². The van der Waals surface area contributed by atoms with Crippen molar-refractivity contribution in [3.63, 3.8) is 0 Å². The van der Waals surface area contributed by atoms with Crippen molar-refractivity contribution in [1.82, 2.24) is 9.97 Å². The third-order valence-electron chi connectivity index (χ3n) is 4.89. The number of hydrogen-bond acceptors (Lipinski definition) is 6. The molecule has 0 fully saturated rings. The van der Waals surface area contributed by atoms with Gasteiger partial charge in [-0.25, -0.2) is 9.97 Å². The molecule has 31 heavy (non-hydrogen) atoms. The molecule has 0 spiro atoms. The number of rotatable bonds is 5. The molecule has 156 valence electrons. The van der Waals surface area contributed by atoms with Gasteiger partial charge in [0.1, 0.15) is 0 Å². The zero-order chi connectivity index (χ0) is 22.0. The summed E-state index contributed by atoms with van der Waals surface area (Å²) in [5.41, 5.74) is 11.5. The molecule has 6 nitrogen and oxygen atoms in total. The SMILES string of the molecule is Cc1cc(C)nc(N(C)c2ccc(C(=O)Nc3cc(-c4cccs4)ccc3N)cc2)n1. The quantitative estimate of drug-likeness (QED) is 0.414. The normalized spacial score (nSPS) is 10.7. The number of nitrogens with one attached hydrogen (secondary N) is 1. The number of carbonyl (C=O) groups excluding carboxylic acids is 1. The monoisotopic (exact) mass is 429 g/mol. The van der Waals surface area contributed by atoms with Crippen LogP contribution in [-0.2, 0) is 0 Å². The van der Waals surface area contributed by atoms with E-state index in [2.05, 4.69) is 15.3 Å². The molecule has 1 amide bonds. The first-order valence-electron chi connectivity index (χ1n) is 9.81. The summed E-state index contributed by atoms with van der Waals surface area (Å²) in [5.74, 6) is 0.403. The first kappa shape index (κ1) is 20.6. The Bertz CT molecular complexity index is 1200. The van der Waals surface area contributed by atoms with Crippen LogP contribution in [0.2, 0.25) is 0 Å². The maximum atomic E-state index is 12.8. The van der Waals surface area contributed by atoms with Gasteiger partial charge in [0.05, 0.1) is 11.4 Å². The third kappa shape index (κ3) is 4.57. The highest BCUT2D eigenvalue weighted by atomic mass is 32.1. The molecule has 0 atom stereocenters. The van der Waals surface area contributed by atoms with Gasteiger partial charge in [-0.1, -0.05) is 12.1 Å². The van der Waals surface area contributed by atoms with Gasteiger partial charge in [-0.05, 0) is 73.3 Å². The minimum Gasteiger partial charge on any atom is -0.397 e. The second kappa shape index (κ2) is 8.57. The lowest BCUT2D eigenvalue weighted by Gasteiger charge is -2.18. The number of nitrogens with two attached hydrogens (primary N) is 1.